The van der Waals surface area contributed by atoms with Gasteiger partial charge in [-0.2, -0.15) is 17.2 Å². The molecule has 5 nitrogen and oxygen atoms in total. The van der Waals surface area contributed by atoms with Gasteiger partial charge < -0.3 is 4.74 Å². The zero-order valence-corrected chi connectivity index (χ0v) is 11.7. The minimum atomic E-state index is -5.78. The number of halogens is 2. The van der Waals surface area contributed by atoms with Crippen molar-refractivity contribution >= 4 is 16.1 Å². The molecule has 0 amide bonds. The van der Waals surface area contributed by atoms with E-state index < -0.39 is 21.3 Å². The molecule has 3 aliphatic rings. The predicted octanol–water partition coefficient (Wildman–Crippen LogP) is 1.69. The molecule has 0 aromatic carbocycles. The topological polar surface area (TPSA) is 80.7 Å². The van der Waals surface area contributed by atoms with Crippen molar-refractivity contribution in [3.8, 4) is 0 Å². The Hall–Kier alpha value is -0.760. The van der Waals surface area contributed by atoms with E-state index in [0.717, 1.165) is 19.3 Å². The van der Waals surface area contributed by atoms with Crippen LogP contribution in [0.2, 0.25) is 0 Å². The maximum Gasteiger partial charge on any atom is 0.465 e. The Labute approximate surface area is 115 Å². The van der Waals surface area contributed by atoms with E-state index in [1.165, 1.54) is 0 Å². The molecule has 0 aliphatic heterocycles. The quantitative estimate of drug-likeness (QED) is 0.631. The zero-order valence-electron chi connectivity index (χ0n) is 10.9. The van der Waals surface area contributed by atoms with Gasteiger partial charge in [-0.25, -0.2) is 4.79 Å². The third-order valence-electron chi connectivity index (χ3n) is 5.63. The van der Waals surface area contributed by atoms with Gasteiger partial charge in [-0.05, 0) is 42.4 Å². The predicted molar refractivity (Wildman–Crippen MR) is 63.4 cm³/mol. The van der Waals surface area contributed by atoms with Crippen LogP contribution < -0.4 is 0 Å². The number of carbonyl (C=O) groups is 1. The second-order valence-electron chi connectivity index (χ2n) is 6.25. The van der Waals surface area contributed by atoms with Crippen molar-refractivity contribution in [3.63, 3.8) is 0 Å². The minimum Gasteiger partial charge on any atom is -0.460 e. The maximum absolute atomic E-state index is 13.1. The first kappa shape index (κ1) is 14.2. The van der Waals surface area contributed by atoms with E-state index in [2.05, 4.69) is 4.74 Å². The number of hydrogen-bond donors (Lipinski definition) is 1. The Morgan fingerprint density at radius 1 is 1.45 bits per heavy atom. The number of alkyl halides is 2. The zero-order chi connectivity index (χ0) is 14.9. The van der Waals surface area contributed by atoms with E-state index in [9.17, 15) is 22.0 Å². The van der Waals surface area contributed by atoms with Crippen LogP contribution in [0.15, 0.2) is 0 Å². The molecule has 0 saturated heterocycles. The fraction of sp³-hybridized carbons (Fsp3) is 0.917. The number of ether oxygens (including phenoxy) is 1. The Kier molecular flexibility index (Phi) is 2.77. The molecule has 5 atom stereocenters. The van der Waals surface area contributed by atoms with Crippen LogP contribution in [0.4, 0.5) is 8.78 Å². The molecule has 0 aromatic rings. The number of carbonyl (C=O) groups excluding carboxylic acids is 1. The number of hydrogen-bond acceptors (Lipinski definition) is 4. The third kappa shape index (κ3) is 1.60. The van der Waals surface area contributed by atoms with Crippen molar-refractivity contribution in [3.05, 3.63) is 0 Å². The monoisotopic (exact) mass is 310 g/mol. The molecule has 3 aliphatic carbocycles. The van der Waals surface area contributed by atoms with E-state index in [0.29, 0.717) is 17.8 Å². The van der Waals surface area contributed by atoms with Gasteiger partial charge in [0.15, 0.2) is 0 Å². The van der Waals surface area contributed by atoms with Crippen molar-refractivity contribution in [2.24, 2.45) is 29.1 Å². The van der Waals surface area contributed by atoms with Crippen LogP contribution in [0.5, 0.6) is 0 Å². The fourth-order valence-corrected chi connectivity index (χ4v) is 4.91. The minimum absolute atomic E-state index is 0.0288. The van der Waals surface area contributed by atoms with E-state index in [1.807, 2.05) is 6.92 Å². The molecular formula is C12H16F2O5S. The highest BCUT2D eigenvalue weighted by Crippen LogP contribution is 2.80. The summed E-state index contributed by atoms with van der Waals surface area (Å²) in [6, 6.07) is 0. The highest BCUT2D eigenvalue weighted by molar-refractivity contribution is 7.87. The van der Waals surface area contributed by atoms with Crippen molar-refractivity contribution in [2.45, 2.75) is 31.4 Å². The summed E-state index contributed by atoms with van der Waals surface area (Å²) in [5.74, 6) is -0.675. The number of esters is 1. The summed E-state index contributed by atoms with van der Waals surface area (Å²) >= 11 is 0. The molecule has 8 heteroatoms. The lowest BCUT2D eigenvalue weighted by atomic mass is 9.55. The van der Waals surface area contributed by atoms with Gasteiger partial charge >= 0.3 is 21.3 Å². The third-order valence-corrected chi connectivity index (χ3v) is 6.45. The molecular weight excluding hydrogens is 294 g/mol. The van der Waals surface area contributed by atoms with Gasteiger partial charge in [0.05, 0.1) is 6.61 Å². The SMILES string of the molecule is CC1C2CCC3CC32C1COC(=O)C(F)(F)S(=O)(=O)O. The van der Waals surface area contributed by atoms with Crippen LogP contribution in [0, 0.1) is 29.1 Å². The molecule has 1 N–H and O–H groups in total. The Morgan fingerprint density at radius 2 is 2.10 bits per heavy atom. The maximum atomic E-state index is 13.1. The first-order valence-electron chi connectivity index (χ1n) is 6.64. The highest BCUT2D eigenvalue weighted by Gasteiger charge is 2.75. The van der Waals surface area contributed by atoms with Crippen molar-refractivity contribution in [2.75, 3.05) is 6.61 Å². The molecule has 114 valence electrons. The standard InChI is InChI=1S/C12H16F2O5S/c1-6-8-3-2-7-4-11(7,8)9(6)5-19-10(15)12(13,14)20(16,17)18/h6-9H,2-5H2,1H3,(H,16,17,18). The van der Waals surface area contributed by atoms with Gasteiger partial charge in [-0.1, -0.05) is 6.92 Å². The summed E-state index contributed by atoms with van der Waals surface area (Å²) in [5.41, 5.74) is 0.146. The number of rotatable bonds is 4. The molecule has 1 spiro atoms. The summed E-state index contributed by atoms with van der Waals surface area (Å²) in [7, 11) is -5.78. The van der Waals surface area contributed by atoms with Gasteiger partial charge in [-0.15, -0.1) is 0 Å². The first-order valence-corrected chi connectivity index (χ1v) is 8.08. The molecule has 0 heterocycles. The van der Waals surface area contributed by atoms with Crippen molar-refractivity contribution in [1.82, 2.24) is 0 Å². The van der Waals surface area contributed by atoms with Gasteiger partial charge in [-0.3, -0.25) is 4.55 Å². The lowest BCUT2D eigenvalue weighted by Crippen LogP contribution is -2.49. The summed E-state index contributed by atoms with van der Waals surface area (Å²) in [5, 5.41) is -4.89. The average Bonchev–Trinajstić information content (AvgIpc) is 2.97. The van der Waals surface area contributed by atoms with E-state index in [-0.39, 0.29) is 17.9 Å². The van der Waals surface area contributed by atoms with Crippen LogP contribution in [0.1, 0.15) is 26.2 Å². The van der Waals surface area contributed by atoms with Crippen LogP contribution in [0.25, 0.3) is 0 Å². The summed E-state index contributed by atoms with van der Waals surface area (Å²) in [6.45, 7) is 1.81. The molecule has 3 saturated carbocycles. The Balaban J connectivity index is 1.63. The summed E-state index contributed by atoms with van der Waals surface area (Å²) < 4.78 is 59.8. The van der Waals surface area contributed by atoms with E-state index >= 15 is 0 Å². The molecule has 20 heavy (non-hydrogen) atoms. The van der Waals surface area contributed by atoms with Crippen LogP contribution in [-0.4, -0.2) is 30.8 Å². The van der Waals surface area contributed by atoms with E-state index in [4.69, 9.17) is 4.55 Å². The normalized spacial score (nSPS) is 42.4. The second-order valence-corrected chi connectivity index (χ2v) is 7.72. The molecule has 0 radical (unpaired) electrons. The largest absolute Gasteiger partial charge is 0.465 e. The van der Waals surface area contributed by atoms with Crippen LogP contribution >= 0.6 is 0 Å². The lowest BCUT2D eigenvalue weighted by Gasteiger charge is -2.50. The van der Waals surface area contributed by atoms with Crippen LogP contribution in [-0.2, 0) is 19.6 Å². The summed E-state index contributed by atoms with van der Waals surface area (Å²) in [4.78, 5) is 11.2. The highest BCUT2D eigenvalue weighted by atomic mass is 32.2. The van der Waals surface area contributed by atoms with Gasteiger partial charge in [0.2, 0.25) is 0 Å². The molecule has 5 unspecified atom stereocenters. The van der Waals surface area contributed by atoms with Gasteiger partial charge in [0, 0.05) is 5.92 Å². The van der Waals surface area contributed by atoms with Gasteiger partial charge in [0.1, 0.15) is 0 Å². The average molecular weight is 310 g/mol. The molecule has 3 rings (SSSR count). The lowest BCUT2D eigenvalue weighted by molar-refractivity contribution is -0.169. The second kappa shape index (κ2) is 3.91. The molecule has 0 aromatic heterocycles. The van der Waals surface area contributed by atoms with Crippen molar-refractivity contribution < 1.29 is 31.3 Å². The Morgan fingerprint density at radius 3 is 2.65 bits per heavy atom. The first-order chi connectivity index (χ1) is 9.12. The summed E-state index contributed by atoms with van der Waals surface area (Å²) in [6.07, 6.45) is 3.33. The fourth-order valence-electron chi connectivity index (χ4n) is 4.64. The molecule has 0 bridgehead atoms. The van der Waals surface area contributed by atoms with E-state index in [1.54, 1.807) is 0 Å². The smallest absolute Gasteiger partial charge is 0.460 e. The van der Waals surface area contributed by atoms with Gasteiger partial charge in [0.25, 0.3) is 0 Å². The molecule has 3 fully saturated rings. The van der Waals surface area contributed by atoms with Crippen LogP contribution in [0.3, 0.4) is 0 Å². The Bertz CT molecular complexity index is 560. The van der Waals surface area contributed by atoms with Crippen molar-refractivity contribution in [1.29, 1.82) is 0 Å².